The maximum atomic E-state index is 15.4. The van der Waals surface area contributed by atoms with Gasteiger partial charge in [0.1, 0.15) is 11.9 Å². The number of alkyl halides is 2. The van der Waals surface area contributed by atoms with Crippen LogP contribution in [0.5, 0.6) is 0 Å². The summed E-state index contributed by atoms with van der Waals surface area (Å²) < 4.78 is 45.4. The van der Waals surface area contributed by atoms with Crippen LogP contribution >= 0.6 is 11.6 Å². The molecule has 1 aliphatic carbocycles. The van der Waals surface area contributed by atoms with Crippen molar-refractivity contribution in [1.82, 2.24) is 15.1 Å². The molecule has 5 nitrogen and oxygen atoms in total. The first kappa shape index (κ1) is 18.6. The number of aromatic amines is 1. The van der Waals surface area contributed by atoms with Crippen molar-refractivity contribution in [1.29, 1.82) is 0 Å². The van der Waals surface area contributed by atoms with Gasteiger partial charge in [-0.1, -0.05) is 11.6 Å². The molecule has 3 unspecified atom stereocenters. The minimum Gasteiger partial charge on any atom is -0.382 e. The molecule has 2 fully saturated rings. The van der Waals surface area contributed by atoms with Crippen molar-refractivity contribution in [2.24, 2.45) is 17.8 Å². The van der Waals surface area contributed by atoms with Gasteiger partial charge in [-0.2, -0.15) is 5.10 Å². The largest absolute Gasteiger partial charge is 0.382 e. The van der Waals surface area contributed by atoms with Crippen LogP contribution in [0.4, 0.5) is 13.2 Å². The third-order valence-electron chi connectivity index (χ3n) is 6.03. The summed E-state index contributed by atoms with van der Waals surface area (Å²) in [6.45, 7) is 1.88. The van der Waals surface area contributed by atoms with Crippen LogP contribution in [0.1, 0.15) is 31.4 Å². The van der Waals surface area contributed by atoms with Gasteiger partial charge < -0.3 is 10.0 Å². The van der Waals surface area contributed by atoms with Gasteiger partial charge >= 0.3 is 0 Å². The SMILES string of the molecule is CC(=O)N1CC2CC[C@@H](C1)C2C(F)(F)C(O)c1c(F)c(Cl)cc2cn[nH]c12. The number of nitrogens with one attached hydrogen (secondary N) is 1. The second kappa shape index (κ2) is 6.38. The average molecular weight is 402 g/mol. The molecular formula is C18H19ClF3N3O2. The van der Waals surface area contributed by atoms with E-state index in [-0.39, 0.29) is 29.5 Å². The van der Waals surface area contributed by atoms with Gasteiger partial charge in [-0.3, -0.25) is 9.89 Å². The van der Waals surface area contributed by atoms with Crippen LogP contribution in [-0.2, 0) is 4.79 Å². The highest BCUT2D eigenvalue weighted by molar-refractivity contribution is 6.31. The number of aromatic nitrogens is 2. The van der Waals surface area contributed by atoms with E-state index in [4.69, 9.17) is 11.6 Å². The molecule has 146 valence electrons. The molecule has 1 saturated heterocycles. The zero-order chi connectivity index (χ0) is 19.5. The molecule has 2 heterocycles. The van der Waals surface area contributed by atoms with Crippen molar-refractivity contribution in [2.45, 2.75) is 31.8 Å². The predicted molar refractivity (Wildman–Crippen MR) is 92.9 cm³/mol. The second-order valence-corrected chi connectivity index (χ2v) is 7.95. The zero-order valence-corrected chi connectivity index (χ0v) is 15.3. The first-order valence-corrected chi connectivity index (χ1v) is 9.22. The monoisotopic (exact) mass is 401 g/mol. The van der Waals surface area contributed by atoms with Gasteiger partial charge in [0.2, 0.25) is 5.91 Å². The summed E-state index contributed by atoms with van der Waals surface area (Å²) in [5, 5.41) is 16.8. The summed E-state index contributed by atoms with van der Waals surface area (Å²) in [4.78, 5) is 13.2. The highest BCUT2D eigenvalue weighted by Crippen LogP contribution is 2.54. The molecule has 2 bridgehead atoms. The quantitative estimate of drug-likeness (QED) is 0.826. The molecule has 4 atom stereocenters. The molecule has 27 heavy (non-hydrogen) atoms. The molecule has 1 aliphatic heterocycles. The van der Waals surface area contributed by atoms with Gasteiger partial charge in [0, 0.05) is 36.9 Å². The molecule has 1 aromatic carbocycles. The topological polar surface area (TPSA) is 69.2 Å². The van der Waals surface area contributed by atoms with E-state index < -0.39 is 41.2 Å². The molecular weight excluding hydrogens is 383 g/mol. The molecule has 4 rings (SSSR count). The van der Waals surface area contributed by atoms with Gasteiger partial charge in [0.05, 0.1) is 16.7 Å². The van der Waals surface area contributed by atoms with Crippen LogP contribution in [0.2, 0.25) is 5.02 Å². The fourth-order valence-electron chi connectivity index (χ4n) is 4.80. The Morgan fingerprint density at radius 1 is 1.41 bits per heavy atom. The number of rotatable bonds is 3. The number of fused-ring (bicyclic) bond motifs is 3. The highest BCUT2D eigenvalue weighted by Gasteiger charge is 2.59. The number of piperidine rings is 1. The third kappa shape index (κ3) is 2.81. The number of carbonyl (C=O) groups excluding carboxylic acids is 1. The number of aliphatic hydroxyl groups is 1. The summed E-state index contributed by atoms with van der Waals surface area (Å²) in [6.07, 6.45) is 0.0816. The lowest BCUT2D eigenvalue weighted by atomic mass is 9.77. The summed E-state index contributed by atoms with van der Waals surface area (Å²) in [6, 6.07) is 1.28. The molecule has 1 aromatic heterocycles. The number of H-pyrrole nitrogens is 1. The number of benzene rings is 1. The maximum absolute atomic E-state index is 15.4. The van der Waals surface area contributed by atoms with E-state index in [1.165, 1.54) is 19.2 Å². The number of nitrogens with zero attached hydrogens (tertiary/aromatic N) is 2. The Balaban J connectivity index is 1.72. The number of hydrogen-bond donors (Lipinski definition) is 2. The van der Waals surface area contributed by atoms with Crippen molar-refractivity contribution in [2.75, 3.05) is 13.1 Å². The molecule has 2 aromatic rings. The van der Waals surface area contributed by atoms with Gasteiger partial charge in [-0.25, -0.2) is 13.2 Å². The van der Waals surface area contributed by atoms with Crippen LogP contribution in [0.15, 0.2) is 12.3 Å². The molecule has 2 aliphatic rings. The number of carbonyl (C=O) groups is 1. The second-order valence-electron chi connectivity index (χ2n) is 7.54. The lowest BCUT2D eigenvalue weighted by molar-refractivity contribution is -0.182. The fraction of sp³-hybridized carbons (Fsp3) is 0.556. The number of likely N-dealkylation sites (tertiary alicyclic amines) is 1. The lowest BCUT2D eigenvalue weighted by Crippen LogP contribution is -2.51. The Kier molecular flexibility index (Phi) is 4.38. The average Bonchev–Trinajstić information content (AvgIpc) is 3.17. The van der Waals surface area contributed by atoms with Crippen LogP contribution in [0.25, 0.3) is 10.9 Å². The van der Waals surface area contributed by atoms with E-state index in [2.05, 4.69) is 10.2 Å². The van der Waals surface area contributed by atoms with E-state index in [1.54, 1.807) is 4.90 Å². The summed E-state index contributed by atoms with van der Waals surface area (Å²) in [5.74, 6) is -6.78. The fourth-order valence-corrected chi connectivity index (χ4v) is 5.02. The number of aliphatic hydroxyl groups excluding tert-OH is 1. The summed E-state index contributed by atoms with van der Waals surface area (Å²) in [5.41, 5.74) is -0.550. The Labute approximate surface area is 158 Å². The first-order chi connectivity index (χ1) is 12.7. The van der Waals surface area contributed by atoms with Crippen molar-refractivity contribution in [3.05, 3.63) is 28.7 Å². The normalized spacial score (nSPS) is 26.6. The molecule has 0 radical (unpaired) electrons. The van der Waals surface area contributed by atoms with E-state index in [9.17, 15) is 14.3 Å². The molecule has 1 saturated carbocycles. The van der Waals surface area contributed by atoms with Crippen molar-refractivity contribution < 1.29 is 23.1 Å². The van der Waals surface area contributed by atoms with Crippen LogP contribution < -0.4 is 0 Å². The summed E-state index contributed by atoms with van der Waals surface area (Å²) >= 11 is 5.84. The predicted octanol–water partition coefficient (Wildman–Crippen LogP) is 3.53. The zero-order valence-electron chi connectivity index (χ0n) is 14.6. The van der Waals surface area contributed by atoms with Gasteiger partial charge in [-0.15, -0.1) is 0 Å². The van der Waals surface area contributed by atoms with Crippen LogP contribution in [0, 0.1) is 23.6 Å². The minimum atomic E-state index is -3.57. The van der Waals surface area contributed by atoms with Crippen molar-refractivity contribution >= 4 is 28.4 Å². The highest BCUT2D eigenvalue weighted by atomic mass is 35.5. The number of halogens is 4. The summed E-state index contributed by atoms with van der Waals surface area (Å²) in [7, 11) is 0. The minimum absolute atomic E-state index is 0.0117. The molecule has 9 heteroatoms. The van der Waals surface area contributed by atoms with Crippen LogP contribution in [0.3, 0.4) is 0 Å². The Morgan fingerprint density at radius 3 is 2.63 bits per heavy atom. The van der Waals surface area contributed by atoms with E-state index >= 15 is 8.78 Å². The Morgan fingerprint density at radius 2 is 2.04 bits per heavy atom. The smallest absolute Gasteiger partial charge is 0.281 e. The van der Waals surface area contributed by atoms with Gasteiger partial charge in [0.25, 0.3) is 5.92 Å². The Hall–Kier alpha value is -1.80. The third-order valence-corrected chi connectivity index (χ3v) is 6.30. The number of amides is 1. The maximum Gasteiger partial charge on any atom is 0.281 e. The first-order valence-electron chi connectivity index (χ1n) is 8.84. The van der Waals surface area contributed by atoms with E-state index in [0.29, 0.717) is 18.2 Å². The van der Waals surface area contributed by atoms with Crippen molar-refractivity contribution in [3.63, 3.8) is 0 Å². The molecule has 2 N–H and O–H groups in total. The molecule has 1 amide bonds. The number of hydrogen-bond acceptors (Lipinski definition) is 3. The Bertz CT molecular complexity index is 889. The lowest BCUT2D eigenvalue weighted by Gasteiger charge is -2.42. The molecule has 0 spiro atoms. The standard InChI is InChI=1S/C18H19ClF3N3O2/c1-8(26)25-6-9-2-3-10(7-25)14(9)18(21,22)17(27)13-15(20)12(19)4-11-5-23-24-16(11)13/h4-5,9-10,14,17,27H,2-3,6-7H2,1H3,(H,23,24)/t9-,10?,14?,17?/m0/s1. The van der Waals surface area contributed by atoms with Gasteiger partial charge in [-0.05, 0) is 30.7 Å². The van der Waals surface area contributed by atoms with E-state index in [0.717, 1.165) is 0 Å². The van der Waals surface area contributed by atoms with Gasteiger partial charge in [0.15, 0.2) is 0 Å². The van der Waals surface area contributed by atoms with Crippen molar-refractivity contribution in [3.8, 4) is 0 Å². The van der Waals surface area contributed by atoms with Crippen LogP contribution in [-0.4, -0.2) is 45.1 Å². The van der Waals surface area contributed by atoms with E-state index in [1.807, 2.05) is 0 Å².